The Bertz CT molecular complexity index is 1490. The third kappa shape index (κ3) is 3.19. The molecule has 0 bridgehead atoms. The molecule has 0 saturated heterocycles. The van der Waals surface area contributed by atoms with Crippen LogP contribution in [0, 0.1) is 10.1 Å². The van der Waals surface area contributed by atoms with Gasteiger partial charge in [0, 0.05) is 28.5 Å². The third-order valence-electron chi connectivity index (χ3n) is 5.05. The minimum Gasteiger partial charge on any atom is -0.495 e. The Labute approximate surface area is 180 Å². The van der Waals surface area contributed by atoms with Gasteiger partial charge in [-0.25, -0.2) is 9.67 Å². The van der Waals surface area contributed by atoms with Crippen molar-refractivity contribution in [3.63, 3.8) is 0 Å². The fraction of sp³-hybridized carbons (Fsp3) is 0.0455. The number of carbonyl (C=O) groups is 1. The second-order valence-corrected chi connectivity index (χ2v) is 6.90. The summed E-state index contributed by atoms with van der Waals surface area (Å²) >= 11 is 0. The molecule has 0 aliphatic heterocycles. The lowest BCUT2D eigenvalue weighted by Crippen LogP contribution is -2.13. The number of ether oxygens (including phenoxy) is 1. The highest BCUT2D eigenvalue weighted by molar-refractivity contribution is 6.10. The van der Waals surface area contributed by atoms with Crippen LogP contribution in [0.15, 0.2) is 71.7 Å². The van der Waals surface area contributed by atoms with Crippen LogP contribution < -0.4 is 10.1 Å². The number of methoxy groups -OCH3 is 1. The van der Waals surface area contributed by atoms with E-state index in [9.17, 15) is 14.9 Å². The molecular weight excluding hydrogens is 414 g/mol. The Morgan fingerprint density at radius 1 is 1.12 bits per heavy atom. The van der Waals surface area contributed by atoms with E-state index in [2.05, 4.69) is 15.4 Å². The first-order valence-electron chi connectivity index (χ1n) is 9.49. The summed E-state index contributed by atoms with van der Waals surface area (Å²) in [5.74, 6) is -0.0989. The molecule has 5 aromatic rings. The number of benzene rings is 3. The number of hydrogen-bond acceptors (Lipinski definition) is 7. The van der Waals surface area contributed by atoms with Crippen molar-refractivity contribution in [2.45, 2.75) is 0 Å². The van der Waals surface area contributed by atoms with Crippen LogP contribution >= 0.6 is 0 Å². The van der Waals surface area contributed by atoms with Gasteiger partial charge in [-0.05, 0) is 24.3 Å². The van der Waals surface area contributed by atoms with Crippen molar-refractivity contribution in [2.75, 3.05) is 12.4 Å². The first-order valence-corrected chi connectivity index (χ1v) is 9.49. The molecule has 0 spiro atoms. The van der Waals surface area contributed by atoms with Crippen molar-refractivity contribution in [3.05, 3.63) is 82.9 Å². The van der Waals surface area contributed by atoms with Crippen molar-refractivity contribution >= 4 is 39.2 Å². The molecule has 158 valence electrons. The number of nitrogens with one attached hydrogen (secondary N) is 1. The van der Waals surface area contributed by atoms with E-state index in [4.69, 9.17) is 9.15 Å². The lowest BCUT2D eigenvalue weighted by Gasteiger charge is -2.11. The lowest BCUT2D eigenvalue weighted by molar-refractivity contribution is -0.384. The molecule has 0 radical (unpaired) electrons. The first-order chi connectivity index (χ1) is 15.5. The minimum atomic E-state index is -0.575. The molecule has 1 amide bonds. The average Bonchev–Trinajstić information content (AvgIpc) is 3.46. The van der Waals surface area contributed by atoms with E-state index in [-0.39, 0.29) is 16.9 Å². The van der Waals surface area contributed by atoms with Gasteiger partial charge in [-0.15, -0.1) is 0 Å². The van der Waals surface area contributed by atoms with E-state index in [1.165, 1.54) is 42.6 Å². The number of anilines is 1. The van der Waals surface area contributed by atoms with E-state index in [1.54, 1.807) is 12.1 Å². The maximum atomic E-state index is 12.9. The summed E-state index contributed by atoms with van der Waals surface area (Å²) in [5.41, 5.74) is 1.70. The van der Waals surface area contributed by atoms with E-state index >= 15 is 0 Å². The summed E-state index contributed by atoms with van der Waals surface area (Å²) in [6.45, 7) is 0. The summed E-state index contributed by atoms with van der Waals surface area (Å²) in [7, 11) is 1.50. The van der Waals surface area contributed by atoms with Gasteiger partial charge in [0.25, 0.3) is 11.6 Å². The van der Waals surface area contributed by atoms with Crippen molar-refractivity contribution in [1.82, 2.24) is 14.8 Å². The van der Waals surface area contributed by atoms with E-state index in [1.807, 2.05) is 24.3 Å². The number of furan rings is 1. The number of nitro benzene ring substituents is 1. The SMILES string of the molecule is COc1cc2c(cc1NC(=O)c1ccc(-n3cncn3)c([N+](=O)[O-])c1)oc1ccccc12. The standard InChI is InChI=1S/C22H15N5O5/c1-31-21-9-15-14-4-2-3-5-19(14)32-20(15)10-16(21)25-22(28)13-6-7-17(18(8-13)27(29)30)26-12-23-11-24-26/h2-12H,1H3,(H,25,28). The predicted octanol–water partition coefficient (Wildman–Crippen LogP) is 4.34. The molecule has 0 aliphatic rings. The molecule has 5 rings (SSSR count). The third-order valence-corrected chi connectivity index (χ3v) is 5.05. The molecular formula is C22H15N5O5. The van der Waals surface area contributed by atoms with Crippen molar-refractivity contribution in [1.29, 1.82) is 0 Å². The van der Waals surface area contributed by atoms with Gasteiger partial charge in [0.2, 0.25) is 0 Å². The molecule has 0 fully saturated rings. The van der Waals surface area contributed by atoms with Gasteiger partial charge in [0.15, 0.2) is 0 Å². The number of hydrogen-bond donors (Lipinski definition) is 1. The molecule has 0 atom stereocenters. The van der Waals surface area contributed by atoms with Gasteiger partial charge in [0.1, 0.15) is 35.3 Å². The number of nitro groups is 1. The van der Waals surface area contributed by atoms with Gasteiger partial charge < -0.3 is 14.5 Å². The van der Waals surface area contributed by atoms with Crippen LogP contribution in [0.4, 0.5) is 11.4 Å². The van der Waals surface area contributed by atoms with Crippen molar-refractivity contribution in [2.24, 2.45) is 0 Å². The first kappa shape index (κ1) is 19.2. The fourth-order valence-corrected chi connectivity index (χ4v) is 3.55. The monoisotopic (exact) mass is 429 g/mol. The largest absolute Gasteiger partial charge is 0.495 e. The van der Waals surface area contributed by atoms with Crippen molar-refractivity contribution < 1.29 is 18.9 Å². The number of para-hydroxylation sites is 1. The summed E-state index contributed by atoms with van der Waals surface area (Å²) in [6.07, 6.45) is 2.61. The molecule has 0 saturated carbocycles. The summed E-state index contributed by atoms with van der Waals surface area (Å²) in [6, 6.07) is 15.2. The Morgan fingerprint density at radius 3 is 2.72 bits per heavy atom. The van der Waals surface area contributed by atoms with Gasteiger partial charge in [-0.3, -0.25) is 14.9 Å². The number of carbonyl (C=O) groups excluding carboxylic acids is 1. The number of aromatic nitrogens is 3. The van der Waals surface area contributed by atoms with E-state index in [0.29, 0.717) is 22.6 Å². The Hall–Kier alpha value is -4.73. The highest BCUT2D eigenvalue weighted by Gasteiger charge is 2.21. The fourth-order valence-electron chi connectivity index (χ4n) is 3.55. The highest BCUT2D eigenvalue weighted by Crippen LogP contribution is 2.36. The Kier molecular flexibility index (Phi) is 4.52. The molecule has 0 aliphatic carbocycles. The van der Waals surface area contributed by atoms with Gasteiger partial charge in [-0.1, -0.05) is 18.2 Å². The minimum absolute atomic E-state index is 0.104. The van der Waals surface area contributed by atoms with Crippen molar-refractivity contribution in [3.8, 4) is 11.4 Å². The number of nitrogens with zero attached hydrogens (tertiary/aromatic N) is 4. The zero-order valence-electron chi connectivity index (χ0n) is 16.7. The lowest BCUT2D eigenvalue weighted by atomic mass is 10.1. The number of fused-ring (bicyclic) bond motifs is 3. The summed E-state index contributed by atoms with van der Waals surface area (Å²) in [5, 5.41) is 20.0. The normalized spacial score (nSPS) is 11.0. The zero-order valence-corrected chi connectivity index (χ0v) is 16.7. The maximum Gasteiger partial charge on any atom is 0.295 e. The van der Waals surface area contributed by atoms with E-state index in [0.717, 1.165) is 10.8 Å². The van der Waals surface area contributed by atoms with E-state index < -0.39 is 10.8 Å². The average molecular weight is 429 g/mol. The van der Waals surface area contributed by atoms with Crippen LogP contribution in [-0.4, -0.2) is 32.7 Å². The van der Waals surface area contributed by atoms with Gasteiger partial charge in [-0.2, -0.15) is 5.10 Å². The van der Waals surface area contributed by atoms with Crippen LogP contribution in [-0.2, 0) is 0 Å². The highest BCUT2D eigenvalue weighted by atomic mass is 16.6. The Balaban J connectivity index is 1.52. The summed E-state index contributed by atoms with van der Waals surface area (Å²) in [4.78, 5) is 27.7. The smallest absolute Gasteiger partial charge is 0.295 e. The molecule has 3 aromatic carbocycles. The number of amides is 1. The molecule has 2 heterocycles. The van der Waals surface area contributed by atoms with Crippen LogP contribution in [0.25, 0.3) is 27.6 Å². The molecule has 32 heavy (non-hydrogen) atoms. The van der Waals surface area contributed by atoms with Gasteiger partial charge >= 0.3 is 0 Å². The van der Waals surface area contributed by atoms with Crippen LogP contribution in [0.1, 0.15) is 10.4 Å². The second kappa shape index (κ2) is 7.51. The molecule has 2 aromatic heterocycles. The summed E-state index contributed by atoms with van der Waals surface area (Å²) < 4.78 is 12.6. The molecule has 1 N–H and O–H groups in total. The van der Waals surface area contributed by atoms with Crippen LogP contribution in [0.2, 0.25) is 0 Å². The predicted molar refractivity (Wildman–Crippen MR) is 116 cm³/mol. The van der Waals surface area contributed by atoms with Crippen LogP contribution in [0.3, 0.4) is 0 Å². The quantitative estimate of drug-likeness (QED) is 0.325. The molecule has 10 heteroatoms. The topological polar surface area (TPSA) is 125 Å². The second-order valence-electron chi connectivity index (χ2n) is 6.90. The number of rotatable bonds is 5. The zero-order chi connectivity index (χ0) is 22.2. The Morgan fingerprint density at radius 2 is 1.97 bits per heavy atom. The van der Waals surface area contributed by atoms with Gasteiger partial charge in [0.05, 0.1) is 17.7 Å². The molecule has 0 unspecified atom stereocenters. The molecule has 10 nitrogen and oxygen atoms in total. The maximum absolute atomic E-state index is 12.9. The van der Waals surface area contributed by atoms with Crippen LogP contribution in [0.5, 0.6) is 5.75 Å².